The van der Waals surface area contributed by atoms with Crippen molar-refractivity contribution in [3.63, 3.8) is 0 Å². The monoisotopic (exact) mass is 212 g/mol. The molecule has 0 unspecified atom stereocenters. The lowest BCUT2D eigenvalue weighted by Gasteiger charge is -2.09. The Kier molecular flexibility index (Phi) is 3.43. The van der Waals surface area contributed by atoms with Gasteiger partial charge >= 0.3 is 5.97 Å². The molecule has 6 nitrogen and oxygen atoms in total. The van der Waals surface area contributed by atoms with Gasteiger partial charge in [0.15, 0.2) is 11.6 Å². The lowest BCUT2D eigenvalue weighted by Crippen LogP contribution is -2.39. The van der Waals surface area contributed by atoms with Crippen LogP contribution < -0.4 is 5.32 Å². The first-order valence-corrected chi connectivity index (χ1v) is 4.35. The summed E-state index contributed by atoms with van der Waals surface area (Å²) in [6.45, 7) is 3.15. The summed E-state index contributed by atoms with van der Waals surface area (Å²) in [7, 11) is 1.26. The van der Waals surface area contributed by atoms with Gasteiger partial charge in [-0.3, -0.25) is 4.79 Å². The van der Waals surface area contributed by atoms with E-state index in [0.717, 1.165) is 0 Å². The van der Waals surface area contributed by atoms with Gasteiger partial charge in [0, 0.05) is 6.92 Å². The van der Waals surface area contributed by atoms with Crippen molar-refractivity contribution in [1.29, 1.82) is 0 Å². The van der Waals surface area contributed by atoms with Crippen LogP contribution in [0.25, 0.3) is 0 Å². The van der Waals surface area contributed by atoms with Crippen molar-refractivity contribution in [1.82, 2.24) is 10.3 Å². The molecule has 0 aliphatic heterocycles. The Bertz CT molecular complexity index is 372. The summed E-state index contributed by atoms with van der Waals surface area (Å²) in [5.74, 6) is -0.584. The molecule has 0 radical (unpaired) electrons. The molecule has 0 aliphatic carbocycles. The summed E-state index contributed by atoms with van der Waals surface area (Å²) in [6, 6.07) is -0.709. The van der Waals surface area contributed by atoms with Crippen molar-refractivity contribution in [2.24, 2.45) is 0 Å². The van der Waals surface area contributed by atoms with Crippen LogP contribution in [0.2, 0.25) is 0 Å². The van der Waals surface area contributed by atoms with E-state index in [-0.39, 0.29) is 5.69 Å². The molecule has 1 aromatic heterocycles. The second kappa shape index (κ2) is 4.59. The Morgan fingerprint density at radius 2 is 2.27 bits per heavy atom. The highest BCUT2D eigenvalue weighted by atomic mass is 16.5. The highest BCUT2D eigenvalue weighted by Crippen LogP contribution is 2.00. The SMILES string of the molecule is COC(=O)[C@@H](C)NC(=O)c1coc(C)n1. The van der Waals surface area contributed by atoms with Crippen LogP contribution in [0.3, 0.4) is 0 Å². The van der Waals surface area contributed by atoms with Crippen LogP contribution in [0.15, 0.2) is 10.7 Å². The minimum atomic E-state index is -0.709. The van der Waals surface area contributed by atoms with E-state index >= 15 is 0 Å². The number of carbonyl (C=O) groups is 2. The predicted octanol–water partition coefficient (Wildman–Crippen LogP) is 0.274. The molecular weight excluding hydrogens is 200 g/mol. The minimum absolute atomic E-state index is 0.142. The fraction of sp³-hybridized carbons (Fsp3) is 0.444. The van der Waals surface area contributed by atoms with Gasteiger partial charge in [-0.05, 0) is 6.92 Å². The van der Waals surface area contributed by atoms with Gasteiger partial charge in [0.05, 0.1) is 7.11 Å². The highest BCUT2D eigenvalue weighted by Gasteiger charge is 2.18. The molecule has 1 aromatic rings. The Balaban J connectivity index is 2.60. The smallest absolute Gasteiger partial charge is 0.328 e. The van der Waals surface area contributed by atoms with Crippen molar-refractivity contribution in [3.05, 3.63) is 17.8 Å². The van der Waals surface area contributed by atoms with Gasteiger partial charge in [-0.2, -0.15) is 0 Å². The minimum Gasteiger partial charge on any atom is -0.467 e. The Hall–Kier alpha value is -1.85. The van der Waals surface area contributed by atoms with Crippen LogP contribution in [0.1, 0.15) is 23.3 Å². The maximum absolute atomic E-state index is 11.4. The molecule has 1 N–H and O–H groups in total. The summed E-state index contributed by atoms with van der Waals surface area (Å²) >= 11 is 0. The number of ether oxygens (including phenoxy) is 1. The average molecular weight is 212 g/mol. The Morgan fingerprint density at radius 1 is 1.60 bits per heavy atom. The highest BCUT2D eigenvalue weighted by molar-refractivity contribution is 5.94. The van der Waals surface area contributed by atoms with Crippen LogP contribution >= 0.6 is 0 Å². The van der Waals surface area contributed by atoms with Crippen molar-refractivity contribution in [2.45, 2.75) is 19.9 Å². The van der Waals surface area contributed by atoms with Gasteiger partial charge in [0.25, 0.3) is 5.91 Å². The maximum atomic E-state index is 11.4. The summed E-state index contributed by atoms with van der Waals surface area (Å²) in [4.78, 5) is 26.3. The van der Waals surface area contributed by atoms with Crippen molar-refractivity contribution < 1.29 is 18.7 Å². The molecule has 1 atom stereocenters. The maximum Gasteiger partial charge on any atom is 0.328 e. The van der Waals surface area contributed by atoms with Crippen LogP contribution in [0, 0.1) is 6.92 Å². The number of nitrogens with zero attached hydrogens (tertiary/aromatic N) is 1. The van der Waals surface area contributed by atoms with Gasteiger partial charge in [0.2, 0.25) is 0 Å². The summed E-state index contributed by atoms with van der Waals surface area (Å²) in [5.41, 5.74) is 0.142. The largest absolute Gasteiger partial charge is 0.467 e. The molecular formula is C9H12N2O4. The third-order valence-corrected chi connectivity index (χ3v) is 1.75. The fourth-order valence-electron chi connectivity index (χ4n) is 0.974. The molecule has 0 fully saturated rings. The standard InChI is InChI=1S/C9H12N2O4/c1-5(9(13)14-3)10-8(12)7-4-15-6(2)11-7/h4-5H,1-3H3,(H,10,12)/t5-/m1/s1. The lowest BCUT2D eigenvalue weighted by atomic mass is 10.3. The van der Waals surface area contributed by atoms with Crippen LogP contribution in [0.5, 0.6) is 0 Å². The molecule has 1 heterocycles. The third-order valence-electron chi connectivity index (χ3n) is 1.75. The molecule has 0 saturated carbocycles. The Morgan fingerprint density at radius 3 is 2.73 bits per heavy atom. The summed E-state index contributed by atoms with van der Waals surface area (Å²) in [6.07, 6.45) is 1.23. The number of hydrogen-bond donors (Lipinski definition) is 1. The molecule has 82 valence electrons. The van der Waals surface area contributed by atoms with Gasteiger partial charge in [-0.15, -0.1) is 0 Å². The van der Waals surface area contributed by atoms with Crippen LogP contribution in [-0.2, 0) is 9.53 Å². The Labute approximate surface area is 86.6 Å². The van der Waals surface area contributed by atoms with E-state index in [0.29, 0.717) is 5.89 Å². The molecule has 1 rings (SSSR count). The summed E-state index contributed by atoms with van der Waals surface area (Å²) < 4.78 is 9.32. The van der Waals surface area contributed by atoms with Gasteiger partial charge in [-0.25, -0.2) is 9.78 Å². The van der Waals surface area contributed by atoms with E-state index < -0.39 is 17.9 Å². The van der Waals surface area contributed by atoms with E-state index in [1.807, 2.05) is 0 Å². The number of aryl methyl sites for hydroxylation is 1. The lowest BCUT2D eigenvalue weighted by molar-refractivity contribution is -0.142. The second-order valence-corrected chi connectivity index (χ2v) is 2.97. The third kappa shape index (κ3) is 2.80. The number of nitrogens with one attached hydrogen (secondary N) is 1. The van der Waals surface area contributed by atoms with Gasteiger partial charge in [-0.1, -0.05) is 0 Å². The van der Waals surface area contributed by atoms with E-state index in [4.69, 9.17) is 4.42 Å². The molecule has 0 aliphatic rings. The molecule has 0 saturated heterocycles. The van der Waals surface area contributed by atoms with Gasteiger partial charge < -0.3 is 14.5 Å². The topological polar surface area (TPSA) is 81.4 Å². The quantitative estimate of drug-likeness (QED) is 0.727. The number of aromatic nitrogens is 1. The fourth-order valence-corrected chi connectivity index (χ4v) is 0.974. The first-order chi connectivity index (χ1) is 7.04. The number of oxazole rings is 1. The zero-order valence-corrected chi connectivity index (χ0v) is 8.73. The van der Waals surface area contributed by atoms with Gasteiger partial charge in [0.1, 0.15) is 12.3 Å². The van der Waals surface area contributed by atoms with Crippen molar-refractivity contribution in [3.8, 4) is 0 Å². The number of esters is 1. The number of hydrogen-bond acceptors (Lipinski definition) is 5. The van der Waals surface area contributed by atoms with E-state index in [1.165, 1.54) is 20.3 Å². The number of rotatable bonds is 3. The zero-order valence-electron chi connectivity index (χ0n) is 8.73. The van der Waals surface area contributed by atoms with Crippen LogP contribution in [-0.4, -0.2) is 30.0 Å². The molecule has 15 heavy (non-hydrogen) atoms. The van der Waals surface area contributed by atoms with Crippen molar-refractivity contribution in [2.75, 3.05) is 7.11 Å². The normalized spacial score (nSPS) is 11.9. The molecule has 0 bridgehead atoms. The van der Waals surface area contributed by atoms with E-state index in [1.54, 1.807) is 6.92 Å². The first kappa shape index (κ1) is 11.2. The molecule has 0 spiro atoms. The predicted molar refractivity (Wildman–Crippen MR) is 50.2 cm³/mol. The van der Waals surface area contributed by atoms with Crippen LogP contribution in [0.4, 0.5) is 0 Å². The van der Waals surface area contributed by atoms with E-state index in [2.05, 4.69) is 15.0 Å². The molecule has 1 amide bonds. The summed E-state index contributed by atoms with van der Waals surface area (Å²) in [5, 5.41) is 2.42. The number of carbonyl (C=O) groups excluding carboxylic acids is 2. The first-order valence-electron chi connectivity index (χ1n) is 4.35. The molecule has 6 heteroatoms. The molecule has 0 aromatic carbocycles. The number of amides is 1. The zero-order chi connectivity index (χ0) is 11.4. The average Bonchev–Trinajstić information content (AvgIpc) is 2.63. The van der Waals surface area contributed by atoms with E-state index in [9.17, 15) is 9.59 Å². The second-order valence-electron chi connectivity index (χ2n) is 2.97. The van der Waals surface area contributed by atoms with Crippen molar-refractivity contribution >= 4 is 11.9 Å². The number of methoxy groups -OCH3 is 1.